The molecule has 7 nitrogen and oxygen atoms in total. The zero-order valence-electron chi connectivity index (χ0n) is 20.4. The number of anilines is 2. The van der Waals surface area contributed by atoms with Crippen LogP contribution in [0.4, 0.5) is 15.9 Å². The van der Waals surface area contributed by atoms with Gasteiger partial charge in [-0.1, -0.05) is 35.9 Å². The first-order valence-electron chi connectivity index (χ1n) is 12.1. The monoisotopic (exact) mass is 485 g/mol. The summed E-state index contributed by atoms with van der Waals surface area (Å²) in [6, 6.07) is 16.4. The SMILES string of the molecule is Cc1ccc(Cn2c(=O)c(N3CCC(C(=O)Nc4ccc(C)c(F)c4)CC3)nc3cccnc32)cc1. The lowest BCUT2D eigenvalue weighted by molar-refractivity contribution is -0.120. The summed E-state index contributed by atoms with van der Waals surface area (Å²) in [5.41, 5.74) is 4.16. The van der Waals surface area contributed by atoms with Crippen LogP contribution in [0.1, 0.15) is 29.5 Å². The predicted molar refractivity (Wildman–Crippen MR) is 139 cm³/mol. The maximum atomic E-state index is 13.8. The second kappa shape index (κ2) is 9.89. The van der Waals surface area contributed by atoms with E-state index in [2.05, 4.69) is 15.3 Å². The molecule has 0 radical (unpaired) electrons. The number of nitrogens with one attached hydrogen (secondary N) is 1. The van der Waals surface area contributed by atoms with Crippen molar-refractivity contribution >= 4 is 28.6 Å². The largest absolute Gasteiger partial charge is 0.352 e. The van der Waals surface area contributed by atoms with Gasteiger partial charge in [0.25, 0.3) is 5.56 Å². The predicted octanol–water partition coefficient (Wildman–Crippen LogP) is 4.45. The molecule has 1 aliphatic heterocycles. The van der Waals surface area contributed by atoms with E-state index in [1.54, 1.807) is 29.8 Å². The molecule has 0 unspecified atom stereocenters. The standard InChI is InChI=1S/C28H28FN5O2/c1-18-5-8-20(9-6-18)17-34-25-24(4-3-13-30-25)32-26(28(34)36)33-14-11-21(12-15-33)27(35)31-22-10-7-19(2)23(29)16-22/h3-10,13,16,21H,11-12,14-15,17H2,1-2H3,(H,31,35). The fourth-order valence-corrected chi connectivity index (χ4v) is 4.56. The van der Waals surface area contributed by atoms with Gasteiger partial charge in [0.05, 0.1) is 6.54 Å². The molecule has 0 bridgehead atoms. The lowest BCUT2D eigenvalue weighted by Crippen LogP contribution is -2.42. The third-order valence-electron chi connectivity index (χ3n) is 6.75. The number of pyridine rings is 1. The molecule has 1 fully saturated rings. The van der Waals surface area contributed by atoms with Crippen LogP contribution in [-0.4, -0.2) is 33.5 Å². The van der Waals surface area contributed by atoms with E-state index >= 15 is 0 Å². The average Bonchev–Trinajstić information content (AvgIpc) is 2.89. The van der Waals surface area contributed by atoms with Crippen LogP contribution in [0, 0.1) is 25.6 Å². The number of carbonyl (C=O) groups excluding carboxylic acids is 1. The Morgan fingerprint density at radius 1 is 1.08 bits per heavy atom. The van der Waals surface area contributed by atoms with Crippen molar-refractivity contribution in [2.45, 2.75) is 33.2 Å². The summed E-state index contributed by atoms with van der Waals surface area (Å²) >= 11 is 0. The molecule has 1 saturated heterocycles. The van der Waals surface area contributed by atoms with Gasteiger partial charge in [-0.2, -0.15) is 0 Å². The molecular formula is C28H28FN5O2. The highest BCUT2D eigenvalue weighted by atomic mass is 19.1. The number of fused-ring (bicyclic) bond motifs is 1. The molecular weight excluding hydrogens is 457 g/mol. The van der Waals surface area contributed by atoms with Gasteiger partial charge in [-0.25, -0.2) is 14.4 Å². The van der Waals surface area contributed by atoms with E-state index in [-0.39, 0.29) is 23.2 Å². The Balaban J connectivity index is 1.35. The molecule has 184 valence electrons. The highest BCUT2D eigenvalue weighted by Crippen LogP contribution is 2.24. The van der Waals surface area contributed by atoms with Crippen molar-refractivity contribution in [3.05, 3.63) is 93.7 Å². The van der Waals surface area contributed by atoms with Gasteiger partial charge in [0.15, 0.2) is 11.5 Å². The van der Waals surface area contributed by atoms with Crippen molar-refractivity contribution in [2.75, 3.05) is 23.3 Å². The van der Waals surface area contributed by atoms with Crippen molar-refractivity contribution in [2.24, 2.45) is 5.92 Å². The van der Waals surface area contributed by atoms with Crippen LogP contribution >= 0.6 is 0 Å². The number of aromatic nitrogens is 3. The maximum Gasteiger partial charge on any atom is 0.295 e. The zero-order valence-corrected chi connectivity index (χ0v) is 20.4. The Hall–Kier alpha value is -4.07. The summed E-state index contributed by atoms with van der Waals surface area (Å²) in [6.45, 7) is 5.16. The summed E-state index contributed by atoms with van der Waals surface area (Å²) in [6.07, 6.45) is 2.81. The van der Waals surface area contributed by atoms with Crippen LogP contribution in [0.25, 0.3) is 11.2 Å². The molecule has 1 amide bonds. The van der Waals surface area contributed by atoms with Gasteiger partial charge >= 0.3 is 0 Å². The number of piperidine rings is 1. The van der Waals surface area contributed by atoms with Crippen molar-refractivity contribution in [3.63, 3.8) is 0 Å². The van der Waals surface area contributed by atoms with Crippen LogP contribution in [-0.2, 0) is 11.3 Å². The fourth-order valence-electron chi connectivity index (χ4n) is 4.56. The van der Waals surface area contributed by atoms with Crippen LogP contribution < -0.4 is 15.8 Å². The maximum absolute atomic E-state index is 13.8. The summed E-state index contributed by atoms with van der Waals surface area (Å²) in [4.78, 5) is 37.4. The third kappa shape index (κ3) is 4.84. The Kier molecular flexibility index (Phi) is 6.50. The number of amides is 1. The molecule has 36 heavy (non-hydrogen) atoms. The highest BCUT2D eigenvalue weighted by Gasteiger charge is 2.28. The van der Waals surface area contributed by atoms with E-state index in [4.69, 9.17) is 0 Å². The Bertz CT molecular complexity index is 1470. The molecule has 2 aromatic heterocycles. The van der Waals surface area contributed by atoms with E-state index in [1.165, 1.54) is 6.07 Å². The van der Waals surface area contributed by atoms with Gasteiger partial charge < -0.3 is 10.2 Å². The minimum Gasteiger partial charge on any atom is -0.352 e. The highest BCUT2D eigenvalue weighted by molar-refractivity contribution is 5.92. The number of benzene rings is 2. The van der Waals surface area contributed by atoms with Crippen LogP contribution in [0.5, 0.6) is 0 Å². The van der Waals surface area contributed by atoms with Gasteiger partial charge in [-0.3, -0.25) is 14.2 Å². The number of aryl methyl sites for hydroxylation is 2. The first-order valence-corrected chi connectivity index (χ1v) is 12.1. The molecule has 4 aromatic rings. The molecule has 0 saturated carbocycles. The Labute approximate surface area is 208 Å². The van der Waals surface area contributed by atoms with E-state index < -0.39 is 0 Å². The van der Waals surface area contributed by atoms with Crippen LogP contribution in [0.15, 0.2) is 65.6 Å². The minimum absolute atomic E-state index is 0.134. The molecule has 0 aliphatic carbocycles. The number of hydrogen-bond donors (Lipinski definition) is 1. The van der Waals surface area contributed by atoms with E-state index in [9.17, 15) is 14.0 Å². The zero-order chi connectivity index (χ0) is 25.2. The van der Waals surface area contributed by atoms with Gasteiger partial charge in [0.2, 0.25) is 5.91 Å². The van der Waals surface area contributed by atoms with Crippen molar-refractivity contribution in [1.29, 1.82) is 0 Å². The molecule has 0 spiro atoms. The molecule has 1 N–H and O–H groups in total. The van der Waals surface area contributed by atoms with Crippen molar-refractivity contribution in [3.8, 4) is 0 Å². The molecule has 0 atom stereocenters. The minimum atomic E-state index is -0.346. The van der Waals surface area contributed by atoms with Gasteiger partial charge in [0, 0.05) is 30.9 Å². The summed E-state index contributed by atoms with van der Waals surface area (Å²) in [7, 11) is 0. The van der Waals surface area contributed by atoms with Crippen molar-refractivity contribution < 1.29 is 9.18 Å². The summed E-state index contributed by atoms with van der Waals surface area (Å²) in [5, 5.41) is 2.82. The molecule has 2 aromatic carbocycles. The van der Waals surface area contributed by atoms with Gasteiger partial charge in [0.1, 0.15) is 11.3 Å². The number of hydrogen-bond acceptors (Lipinski definition) is 5. The van der Waals surface area contributed by atoms with Gasteiger partial charge in [-0.05, 0) is 62.1 Å². The lowest BCUT2D eigenvalue weighted by Gasteiger charge is -2.32. The van der Waals surface area contributed by atoms with E-state index in [0.717, 1.165) is 11.1 Å². The Morgan fingerprint density at radius 3 is 2.56 bits per heavy atom. The normalized spacial score (nSPS) is 14.2. The first kappa shape index (κ1) is 23.7. The number of nitrogens with zero attached hydrogens (tertiary/aromatic N) is 4. The third-order valence-corrected chi connectivity index (χ3v) is 6.75. The number of halogens is 1. The molecule has 8 heteroatoms. The second-order valence-corrected chi connectivity index (χ2v) is 9.37. The first-order chi connectivity index (χ1) is 17.4. The summed E-state index contributed by atoms with van der Waals surface area (Å²) < 4.78 is 15.5. The van der Waals surface area contributed by atoms with Crippen LogP contribution in [0.3, 0.4) is 0 Å². The quantitative estimate of drug-likeness (QED) is 0.452. The number of carbonyl (C=O) groups is 1. The Morgan fingerprint density at radius 2 is 1.83 bits per heavy atom. The average molecular weight is 486 g/mol. The molecule has 1 aliphatic rings. The summed E-state index contributed by atoms with van der Waals surface area (Å²) in [5.74, 6) is -0.323. The lowest BCUT2D eigenvalue weighted by atomic mass is 9.95. The van der Waals surface area contributed by atoms with Crippen LogP contribution in [0.2, 0.25) is 0 Å². The van der Waals surface area contributed by atoms with Crippen molar-refractivity contribution in [1.82, 2.24) is 14.5 Å². The smallest absolute Gasteiger partial charge is 0.295 e. The second-order valence-electron chi connectivity index (χ2n) is 9.37. The molecule has 5 rings (SSSR count). The topological polar surface area (TPSA) is 80.1 Å². The van der Waals surface area contributed by atoms with Gasteiger partial charge in [-0.15, -0.1) is 0 Å². The molecule has 3 heterocycles. The van der Waals surface area contributed by atoms with E-state index in [1.807, 2.05) is 48.2 Å². The fraction of sp³-hybridized carbons (Fsp3) is 0.286. The van der Waals surface area contributed by atoms with E-state index in [0.29, 0.717) is 60.7 Å². The number of rotatable bonds is 5.